The molecule has 0 bridgehead atoms. The zero-order chi connectivity index (χ0) is 14.7. The van der Waals surface area contributed by atoms with E-state index in [1.807, 2.05) is 0 Å². The van der Waals surface area contributed by atoms with Gasteiger partial charge in [-0.1, -0.05) is 11.6 Å². The fourth-order valence-corrected chi connectivity index (χ4v) is 1.68. The molecule has 1 heterocycles. The number of rotatable bonds is 3. The van der Waals surface area contributed by atoms with Crippen molar-refractivity contribution in [3.05, 3.63) is 46.6 Å². The normalized spacial score (nSPS) is 10.2. The summed E-state index contributed by atoms with van der Waals surface area (Å²) in [5, 5.41) is 2.84. The number of hydrogen-bond donors (Lipinski definition) is 1. The van der Waals surface area contributed by atoms with Crippen LogP contribution in [0.2, 0.25) is 5.02 Å². The van der Waals surface area contributed by atoms with Gasteiger partial charge < -0.3 is 14.5 Å². The highest BCUT2D eigenvalue weighted by molar-refractivity contribution is 6.34. The van der Waals surface area contributed by atoms with Crippen LogP contribution >= 0.6 is 11.6 Å². The lowest BCUT2D eigenvalue weighted by Crippen LogP contribution is -2.12. The number of aromatic nitrogens is 1. The quantitative estimate of drug-likeness (QED) is 0.880. The Balaban J connectivity index is 2.24. The highest BCUT2D eigenvalue weighted by Crippen LogP contribution is 2.24. The predicted molar refractivity (Wildman–Crippen MR) is 72.0 cm³/mol. The third kappa shape index (κ3) is 2.97. The molecule has 1 N–H and O–H groups in total. The molecule has 0 aliphatic rings. The van der Waals surface area contributed by atoms with Crippen molar-refractivity contribution < 1.29 is 18.7 Å². The topological polar surface area (TPSA) is 81.4 Å². The van der Waals surface area contributed by atoms with Crippen molar-refractivity contribution in [1.82, 2.24) is 4.98 Å². The summed E-state index contributed by atoms with van der Waals surface area (Å²) in [5.41, 5.74) is 0.564. The van der Waals surface area contributed by atoms with Crippen molar-refractivity contribution in [2.75, 3.05) is 12.4 Å². The van der Waals surface area contributed by atoms with E-state index in [-0.39, 0.29) is 17.0 Å². The number of aryl methyl sites for hydroxylation is 1. The van der Waals surface area contributed by atoms with Crippen LogP contribution in [0.1, 0.15) is 26.8 Å². The Kier molecular flexibility index (Phi) is 4.05. The summed E-state index contributed by atoms with van der Waals surface area (Å²) in [6.07, 6.45) is 1.31. The molecule has 7 heteroatoms. The molecule has 0 aliphatic heterocycles. The van der Waals surface area contributed by atoms with Crippen LogP contribution in [-0.4, -0.2) is 24.0 Å². The lowest BCUT2D eigenvalue weighted by atomic mass is 10.2. The molecule has 104 valence electrons. The van der Waals surface area contributed by atoms with Crippen LogP contribution < -0.4 is 5.32 Å². The molecule has 0 radical (unpaired) electrons. The number of carbonyl (C=O) groups excluding carboxylic acids is 2. The standard InChI is InChI=1S/C13H11ClN2O4/c1-7-15-6-11(20-7)12(17)16-10-5-8(13(18)19-2)3-4-9(10)14/h3-6H,1-2H3,(H,16,17). The molecule has 2 aromatic rings. The first-order valence-corrected chi connectivity index (χ1v) is 6.00. The Bertz CT molecular complexity index is 666. The van der Waals surface area contributed by atoms with Gasteiger partial charge >= 0.3 is 5.97 Å². The van der Waals surface area contributed by atoms with Gasteiger partial charge in [-0.15, -0.1) is 0 Å². The van der Waals surface area contributed by atoms with E-state index < -0.39 is 11.9 Å². The van der Waals surface area contributed by atoms with E-state index in [1.54, 1.807) is 6.92 Å². The van der Waals surface area contributed by atoms with Gasteiger partial charge in [0.05, 0.1) is 29.6 Å². The van der Waals surface area contributed by atoms with Crippen molar-refractivity contribution >= 4 is 29.2 Å². The summed E-state index contributed by atoms with van der Waals surface area (Å²) in [6.45, 7) is 1.63. The van der Waals surface area contributed by atoms with Crippen LogP contribution in [0.25, 0.3) is 0 Å². The Morgan fingerprint density at radius 3 is 2.75 bits per heavy atom. The van der Waals surface area contributed by atoms with Gasteiger partial charge in [-0.05, 0) is 18.2 Å². The van der Waals surface area contributed by atoms with Crippen LogP contribution in [0.15, 0.2) is 28.8 Å². The van der Waals surface area contributed by atoms with Gasteiger partial charge in [0.2, 0.25) is 5.76 Å². The molecule has 20 heavy (non-hydrogen) atoms. The lowest BCUT2D eigenvalue weighted by Gasteiger charge is -2.07. The monoisotopic (exact) mass is 294 g/mol. The largest absolute Gasteiger partial charge is 0.465 e. The molecule has 0 fully saturated rings. The second-order valence-corrected chi connectivity index (χ2v) is 4.29. The summed E-state index contributed by atoms with van der Waals surface area (Å²) in [6, 6.07) is 4.42. The average Bonchev–Trinajstić information content (AvgIpc) is 2.87. The molecule has 1 amide bonds. The van der Waals surface area contributed by atoms with Gasteiger partial charge in [-0.2, -0.15) is 0 Å². The highest BCUT2D eigenvalue weighted by atomic mass is 35.5. The lowest BCUT2D eigenvalue weighted by molar-refractivity contribution is 0.0600. The molecule has 0 saturated carbocycles. The van der Waals surface area contributed by atoms with Crippen molar-refractivity contribution in [3.63, 3.8) is 0 Å². The summed E-state index contributed by atoms with van der Waals surface area (Å²) < 4.78 is 9.70. The van der Waals surface area contributed by atoms with Crippen molar-refractivity contribution in [1.29, 1.82) is 0 Å². The number of amides is 1. The molecule has 0 unspecified atom stereocenters. The molecule has 1 aromatic carbocycles. The van der Waals surface area contributed by atoms with Gasteiger partial charge in [-0.25, -0.2) is 9.78 Å². The summed E-state index contributed by atoms with van der Waals surface area (Å²) in [5.74, 6) is -0.589. The number of halogens is 1. The van der Waals surface area contributed by atoms with E-state index in [2.05, 4.69) is 15.0 Å². The number of esters is 1. The smallest absolute Gasteiger partial charge is 0.337 e. The number of anilines is 1. The zero-order valence-corrected chi connectivity index (χ0v) is 11.5. The van der Waals surface area contributed by atoms with Crippen LogP contribution in [0, 0.1) is 6.92 Å². The number of carbonyl (C=O) groups is 2. The number of hydrogen-bond acceptors (Lipinski definition) is 5. The molecular weight excluding hydrogens is 284 g/mol. The molecular formula is C13H11ClN2O4. The molecule has 0 atom stereocenters. The summed E-state index contributed by atoms with van der Waals surface area (Å²) in [7, 11) is 1.27. The second-order valence-electron chi connectivity index (χ2n) is 3.88. The van der Waals surface area contributed by atoms with E-state index >= 15 is 0 Å². The minimum absolute atomic E-state index is 0.0574. The molecule has 0 spiro atoms. The number of nitrogens with one attached hydrogen (secondary N) is 1. The fraction of sp³-hybridized carbons (Fsp3) is 0.154. The number of methoxy groups -OCH3 is 1. The fourth-order valence-electron chi connectivity index (χ4n) is 1.52. The number of ether oxygens (including phenoxy) is 1. The van der Waals surface area contributed by atoms with E-state index in [0.29, 0.717) is 10.9 Å². The van der Waals surface area contributed by atoms with Crippen LogP contribution in [0.5, 0.6) is 0 Å². The maximum atomic E-state index is 11.9. The molecule has 0 aliphatic carbocycles. The van der Waals surface area contributed by atoms with Gasteiger partial charge in [0, 0.05) is 6.92 Å². The van der Waals surface area contributed by atoms with Crippen LogP contribution in [-0.2, 0) is 4.74 Å². The minimum Gasteiger partial charge on any atom is -0.465 e. The Morgan fingerprint density at radius 2 is 2.15 bits per heavy atom. The third-order valence-corrected chi connectivity index (χ3v) is 2.81. The summed E-state index contributed by atoms with van der Waals surface area (Å²) >= 11 is 5.97. The van der Waals surface area contributed by atoms with E-state index in [1.165, 1.54) is 31.5 Å². The van der Waals surface area contributed by atoms with Crippen molar-refractivity contribution in [2.45, 2.75) is 6.92 Å². The number of oxazole rings is 1. The van der Waals surface area contributed by atoms with Gasteiger partial charge in [0.15, 0.2) is 5.89 Å². The Labute approximate surface area is 119 Å². The average molecular weight is 295 g/mol. The van der Waals surface area contributed by atoms with E-state index in [0.717, 1.165) is 0 Å². The zero-order valence-electron chi connectivity index (χ0n) is 10.8. The van der Waals surface area contributed by atoms with Crippen LogP contribution in [0.3, 0.4) is 0 Å². The Hall–Kier alpha value is -2.34. The number of nitrogens with zero attached hydrogens (tertiary/aromatic N) is 1. The SMILES string of the molecule is COC(=O)c1ccc(Cl)c(NC(=O)c2cnc(C)o2)c1. The van der Waals surface area contributed by atoms with Gasteiger partial charge in [0.1, 0.15) is 0 Å². The van der Waals surface area contributed by atoms with Crippen molar-refractivity contribution in [2.24, 2.45) is 0 Å². The van der Waals surface area contributed by atoms with E-state index in [4.69, 9.17) is 16.0 Å². The van der Waals surface area contributed by atoms with Crippen molar-refractivity contribution in [3.8, 4) is 0 Å². The minimum atomic E-state index is -0.521. The first-order valence-electron chi connectivity index (χ1n) is 5.63. The number of benzene rings is 1. The molecule has 0 saturated heterocycles. The second kappa shape index (κ2) is 5.75. The van der Waals surface area contributed by atoms with Crippen LogP contribution in [0.4, 0.5) is 5.69 Å². The van der Waals surface area contributed by atoms with Gasteiger partial charge in [0.25, 0.3) is 5.91 Å². The predicted octanol–water partition coefficient (Wildman–Crippen LogP) is 2.68. The highest BCUT2D eigenvalue weighted by Gasteiger charge is 2.15. The maximum Gasteiger partial charge on any atom is 0.337 e. The third-order valence-electron chi connectivity index (χ3n) is 2.48. The molecule has 1 aromatic heterocycles. The molecule has 2 rings (SSSR count). The maximum absolute atomic E-state index is 11.9. The summed E-state index contributed by atoms with van der Waals surface area (Å²) in [4.78, 5) is 27.2. The molecule has 6 nitrogen and oxygen atoms in total. The van der Waals surface area contributed by atoms with E-state index in [9.17, 15) is 9.59 Å². The first-order chi connectivity index (χ1) is 9.51. The van der Waals surface area contributed by atoms with Gasteiger partial charge in [-0.3, -0.25) is 4.79 Å². The first kappa shape index (κ1) is 14.1. The Morgan fingerprint density at radius 1 is 1.40 bits per heavy atom.